The molecular weight excluding hydrogens is 324 g/mol. The van der Waals surface area contributed by atoms with Gasteiger partial charge in [0.05, 0.1) is 26.4 Å². The Hall–Kier alpha value is -2.20. The van der Waals surface area contributed by atoms with Crippen LogP contribution in [0, 0.1) is 0 Å². The average molecular weight is 352 g/mol. The second-order valence-electron chi connectivity index (χ2n) is 6.01. The fraction of sp³-hybridized carbons (Fsp3) is 0.304. The largest absolute Gasteiger partial charge is 0.379 e. The molecule has 0 spiro atoms. The molecule has 3 heteroatoms. The van der Waals surface area contributed by atoms with E-state index in [-0.39, 0.29) is 6.10 Å². The van der Waals surface area contributed by atoms with E-state index in [1.54, 1.807) is 0 Å². The molecule has 2 rings (SSSR count). The van der Waals surface area contributed by atoms with Crippen molar-refractivity contribution in [2.45, 2.75) is 26.2 Å². The summed E-state index contributed by atoms with van der Waals surface area (Å²) in [4.78, 5) is 0. The van der Waals surface area contributed by atoms with Gasteiger partial charge < -0.3 is 14.2 Å². The molecule has 0 amide bonds. The molecule has 0 aliphatic heterocycles. The highest BCUT2D eigenvalue weighted by molar-refractivity contribution is 5.48. The Morgan fingerprint density at radius 1 is 0.846 bits per heavy atom. The van der Waals surface area contributed by atoms with Crippen LogP contribution in [-0.2, 0) is 27.4 Å². The van der Waals surface area contributed by atoms with Gasteiger partial charge in [-0.2, -0.15) is 0 Å². The number of benzene rings is 2. The zero-order valence-electron chi connectivity index (χ0n) is 15.5. The molecule has 138 valence electrons. The molecule has 0 saturated heterocycles. The normalized spacial score (nSPS) is 11.9. The van der Waals surface area contributed by atoms with Crippen LogP contribution in [0.5, 0.6) is 0 Å². The number of ether oxygens (including phenoxy) is 3. The van der Waals surface area contributed by atoms with Gasteiger partial charge in [0.25, 0.3) is 0 Å². The molecule has 0 heterocycles. The summed E-state index contributed by atoms with van der Waals surface area (Å²) < 4.78 is 17.4. The lowest BCUT2D eigenvalue weighted by molar-refractivity contribution is -0.0682. The minimum atomic E-state index is -0.107. The molecule has 0 aliphatic carbocycles. The fourth-order valence-corrected chi connectivity index (χ4v) is 2.54. The van der Waals surface area contributed by atoms with Gasteiger partial charge in [0.15, 0.2) is 0 Å². The molecule has 3 nitrogen and oxygen atoms in total. The molecule has 26 heavy (non-hydrogen) atoms. The lowest BCUT2D eigenvalue weighted by Gasteiger charge is -2.18. The van der Waals surface area contributed by atoms with Gasteiger partial charge in [0.1, 0.15) is 6.10 Å². The standard InChI is InChI=1S/C23H28O3/c1-4-19-9-7-11-21(13-19)15-25-18-23(17-24-6-3)26-16-22-12-8-10-20(5-2)14-22/h4-5,7-14,23H,1-2,6,15-18H2,3H3. The summed E-state index contributed by atoms with van der Waals surface area (Å²) in [6.07, 6.45) is 3.56. The van der Waals surface area contributed by atoms with Gasteiger partial charge in [-0.1, -0.05) is 61.7 Å². The van der Waals surface area contributed by atoms with Crippen molar-refractivity contribution in [1.82, 2.24) is 0 Å². The summed E-state index contributed by atoms with van der Waals surface area (Å²) in [5, 5.41) is 0. The maximum Gasteiger partial charge on any atom is 0.105 e. The fourth-order valence-electron chi connectivity index (χ4n) is 2.54. The molecule has 0 fully saturated rings. The Morgan fingerprint density at radius 3 is 2.00 bits per heavy atom. The van der Waals surface area contributed by atoms with Gasteiger partial charge in [0.2, 0.25) is 0 Å². The molecule has 2 aromatic rings. The minimum Gasteiger partial charge on any atom is -0.379 e. The topological polar surface area (TPSA) is 27.7 Å². The molecule has 0 saturated carbocycles. The quantitative estimate of drug-likeness (QED) is 0.531. The van der Waals surface area contributed by atoms with Crippen LogP contribution in [0.25, 0.3) is 12.2 Å². The molecule has 1 atom stereocenters. The average Bonchev–Trinajstić information content (AvgIpc) is 2.70. The maximum absolute atomic E-state index is 6.01. The Balaban J connectivity index is 1.85. The van der Waals surface area contributed by atoms with Crippen LogP contribution in [0.2, 0.25) is 0 Å². The van der Waals surface area contributed by atoms with E-state index >= 15 is 0 Å². The SMILES string of the molecule is C=Cc1cccc(COCC(COCC)OCc2cccc(C=C)c2)c1. The van der Waals surface area contributed by atoms with Crippen molar-refractivity contribution < 1.29 is 14.2 Å². The molecule has 0 N–H and O–H groups in total. The predicted octanol–water partition coefficient (Wildman–Crippen LogP) is 5.11. The third-order valence-corrected chi connectivity index (χ3v) is 3.94. The highest BCUT2D eigenvalue weighted by Crippen LogP contribution is 2.11. The molecule has 2 aromatic carbocycles. The molecule has 0 bridgehead atoms. The lowest BCUT2D eigenvalue weighted by atomic mass is 10.1. The zero-order chi connectivity index (χ0) is 18.6. The molecule has 0 radical (unpaired) electrons. The second-order valence-corrected chi connectivity index (χ2v) is 6.01. The number of hydrogen-bond acceptors (Lipinski definition) is 3. The zero-order valence-corrected chi connectivity index (χ0v) is 15.5. The summed E-state index contributed by atoms with van der Waals surface area (Å²) in [6.45, 7) is 12.3. The molecule has 0 aliphatic rings. The maximum atomic E-state index is 6.01. The highest BCUT2D eigenvalue weighted by Gasteiger charge is 2.11. The van der Waals surface area contributed by atoms with E-state index < -0.39 is 0 Å². The van der Waals surface area contributed by atoms with Crippen LogP contribution >= 0.6 is 0 Å². The van der Waals surface area contributed by atoms with E-state index in [0.29, 0.717) is 33.0 Å². The van der Waals surface area contributed by atoms with Gasteiger partial charge in [0, 0.05) is 6.61 Å². The first-order valence-electron chi connectivity index (χ1n) is 8.95. The van der Waals surface area contributed by atoms with E-state index in [0.717, 1.165) is 22.3 Å². The lowest BCUT2D eigenvalue weighted by Crippen LogP contribution is -2.25. The van der Waals surface area contributed by atoms with Crippen molar-refractivity contribution >= 4 is 12.2 Å². The van der Waals surface area contributed by atoms with Crippen LogP contribution in [-0.4, -0.2) is 25.9 Å². The van der Waals surface area contributed by atoms with Crippen molar-refractivity contribution in [2.24, 2.45) is 0 Å². The molecule has 1 unspecified atom stereocenters. The van der Waals surface area contributed by atoms with Crippen LogP contribution < -0.4 is 0 Å². The van der Waals surface area contributed by atoms with Crippen LogP contribution in [0.15, 0.2) is 61.7 Å². The summed E-state index contributed by atoms with van der Waals surface area (Å²) in [7, 11) is 0. The Bertz CT molecular complexity index is 693. The van der Waals surface area contributed by atoms with Crippen molar-refractivity contribution in [1.29, 1.82) is 0 Å². The monoisotopic (exact) mass is 352 g/mol. The van der Waals surface area contributed by atoms with E-state index in [9.17, 15) is 0 Å². The van der Waals surface area contributed by atoms with Crippen molar-refractivity contribution in [3.05, 3.63) is 83.9 Å². The van der Waals surface area contributed by atoms with Crippen molar-refractivity contribution in [3.8, 4) is 0 Å². The number of hydrogen-bond donors (Lipinski definition) is 0. The van der Waals surface area contributed by atoms with Crippen LogP contribution in [0.3, 0.4) is 0 Å². The summed E-state index contributed by atoms with van der Waals surface area (Å²) in [5.41, 5.74) is 4.42. The Kier molecular flexibility index (Phi) is 8.84. The molecular formula is C23H28O3. The van der Waals surface area contributed by atoms with Gasteiger partial charge in [-0.3, -0.25) is 0 Å². The second kappa shape index (κ2) is 11.4. The van der Waals surface area contributed by atoms with Gasteiger partial charge in [-0.05, 0) is 41.3 Å². The third kappa shape index (κ3) is 6.96. The Labute approximate surface area is 156 Å². The van der Waals surface area contributed by atoms with E-state index in [2.05, 4.69) is 25.3 Å². The summed E-state index contributed by atoms with van der Waals surface area (Å²) in [6, 6.07) is 16.3. The smallest absolute Gasteiger partial charge is 0.105 e. The first-order chi connectivity index (χ1) is 12.7. The van der Waals surface area contributed by atoms with Crippen molar-refractivity contribution in [3.63, 3.8) is 0 Å². The summed E-state index contributed by atoms with van der Waals surface area (Å²) in [5.74, 6) is 0. The molecule has 0 aromatic heterocycles. The summed E-state index contributed by atoms with van der Waals surface area (Å²) >= 11 is 0. The van der Waals surface area contributed by atoms with E-state index in [1.165, 1.54) is 0 Å². The van der Waals surface area contributed by atoms with Gasteiger partial charge >= 0.3 is 0 Å². The number of rotatable bonds is 12. The Morgan fingerprint density at radius 2 is 1.42 bits per heavy atom. The van der Waals surface area contributed by atoms with Crippen molar-refractivity contribution in [2.75, 3.05) is 19.8 Å². The van der Waals surface area contributed by atoms with Gasteiger partial charge in [-0.15, -0.1) is 0 Å². The minimum absolute atomic E-state index is 0.107. The van der Waals surface area contributed by atoms with E-state index in [4.69, 9.17) is 14.2 Å². The van der Waals surface area contributed by atoms with Crippen LogP contribution in [0.1, 0.15) is 29.2 Å². The highest BCUT2D eigenvalue weighted by atomic mass is 16.6. The van der Waals surface area contributed by atoms with Crippen LogP contribution in [0.4, 0.5) is 0 Å². The first kappa shape index (κ1) is 20.1. The van der Waals surface area contributed by atoms with Gasteiger partial charge in [-0.25, -0.2) is 0 Å². The predicted molar refractivity (Wildman–Crippen MR) is 108 cm³/mol. The van der Waals surface area contributed by atoms with E-state index in [1.807, 2.05) is 55.5 Å². The third-order valence-electron chi connectivity index (χ3n) is 3.94. The first-order valence-corrected chi connectivity index (χ1v) is 8.95.